The average Bonchev–Trinajstić information content (AvgIpc) is 1.98. The predicted octanol–water partition coefficient (Wildman–Crippen LogP) is 1.83. The van der Waals surface area contributed by atoms with Gasteiger partial charge in [0, 0.05) is 18.2 Å². The molecule has 0 aromatic carbocycles. The van der Waals surface area contributed by atoms with E-state index in [0.717, 1.165) is 12.7 Å². The zero-order chi connectivity index (χ0) is 9.40. The second kappa shape index (κ2) is 7.10. The highest BCUT2D eigenvalue weighted by Gasteiger charge is 2.03. The zero-order valence-electron chi connectivity index (χ0n) is 6.83. The lowest BCUT2D eigenvalue weighted by Gasteiger charge is -2.03. The molecular weight excluding hydrogens is 180 g/mol. The first kappa shape index (κ1) is 11.4. The van der Waals surface area contributed by atoms with Crippen molar-refractivity contribution in [3.05, 3.63) is 0 Å². The Kier molecular flexibility index (Phi) is 6.76. The molecule has 1 atom stereocenters. The van der Waals surface area contributed by atoms with Crippen LogP contribution in [0.25, 0.3) is 0 Å². The summed E-state index contributed by atoms with van der Waals surface area (Å²) >= 11 is 5.72. The Morgan fingerprint density at radius 1 is 1.50 bits per heavy atom. The minimum atomic E-state index is -0.781. The number of unbranched alkanes of at least 4 members (excludes halogenated alkanes) is 1. The van der Waals surface area contributed by atoms with Crippen LogP contribution in [0.3, 0.4) is 0 Å². The Labute approximate surface area is 76.7 Å². The number of hydrogen-bond donors (Lipinski definition) is 1. The maximum absolute atomic E-state index is 10.1. The van der Waals surface area contributed by atoms with Crippen LogP contribution in [-0.2, 0) is 9.59 Å². The fraction of sp³-hybridized carbons (Fsp3) is 0.750. The van der Waals surface area contributed by atoms with Crippen LogP contribution in [0, 0.1) is 0 Å². The van der Waals surface area contributed by atoms with Crippen LogP contribution in [0.4, 0.5) is 0 Å². The molecule has 1 N–H and O–H groups in total. The second-order valence-electron chi connectivity index (χ2n) is 2.64. The maximum Gasteiger partial charge on any atom is 0.303 e. The molecule has 0 amide bonds. The lowest BCUT2D eigenvalue weighted by molar-refractivity contribution is -0.137. The van der Waals surface area contributed by atoms with Crippen LogP contribution >= 0.6 is 11.6 Å². The lowest BCUT2D eigenvalue weighted by Crippen LogP contribution is -2.00. The molecule has 0 aromatic heterocycles. The summed E-state index contributed by atoms with van der Waals surface area (Å²) in [4.78, 5) is 20.1. The number of carbonyl (C=O) groups excluding carboxylic acids is 1. The van der Waals surface area contributed by atoms with Gasteiger partial charge in [0.05, 0.1) is 0 Å². The summed E-state index contributed by atoms with van der Waals surface area (Å²) in [6.07, 6.45) is 3.45. The number of halogens is 1. The topological polar surface area (TPSA) is 54.4 Å². The van der Waals surface area contributed by atoms with Crippen molar-refractivity contribution in [2.45, 2.75) is 37.5 Å². The normalized spacial score (nSPS) is 12.4. The Bertz CT molecular complexity index is 147. The zero-order valence-corrected chi connectivity index (χ0v) is 7.59. The molecule has 0 rings (SSSR count). The fourth-order valence-electron chi connectivity index (χ4n) is 0.864. The summed E-state index contributed by atoms with van der Waals surface area (Å²) < 4.78 is 0. The van der Waals surface area contributed by atoms with Gasteiger partial charge in [-0.05, 0) is 12.8 Å². The molecule has 0 aliphatic rings. The minimum absolute atomic E-state index is 0.128. The number of aliphatic carboxylic acids is 1. The molecule has 0 bridgehead atoms. The van der Waals surface area contributed by atoms with E-state index in [1.165, 1.54) is 0 Å². The van der Waals surface area contributed by atoms with Crippen molar-refractivity contribution < 1.29 is 14.7 Å². The van der Waals surface area contributed by atoms with E-state index in [2.05, 4.69) is 0 Å². The maximum atomic E-state index is 10.1. The van der Waals surface area contributed by atoms with Gasteiger partial charge in [-0.25, -0.2) is 0 Å². The molecule has 4 heteroatoms. The number of aldehydes is 1. The van der Waals surface area contributed by atoms with E-state index in [9.17, 15) is 9.59 Å². The van der Waals surface area contributed by atoms with E-state index in [1.54, 1.807) is 0 Å². The van der Waals surface area contributed by atoms with Crippen LogP contribution in [-0.4, -0.2) is 22.7 Å². The summed E-state index contributed by atoms with van der Waals surface area (Å²) in [6.45, 7) is 0. The third kappa shape index (κ3) is 7.54. The van der Waals surface area contributed by atoms with Crippen LogP contribution in [0.2, 0.25) is 0 Å². The van der Waals surface area contributed by atoms with Crippen LogP contribution < -0.4 is 0 Å². The lowest BCUT2D eigenvalue weighted by atomic mass is 10.1. The molecule has 0 aromatic rings. The van der Waals surface area contributed by atoms with Gasteiger partial charge in [-0.3, -0.25) is 4.79 Å². The third-order valence-electron chi connectivity index (χ3n) is 1.51. The van der Waals surface area contributed by atoms with Gasteiger partial charge in [0.2, 0.25) is 0 Å². The molecule has 1 unspecified atom stereocenters. The molecule has 70 valence electrons. The Balaban J connectivity index is 3.18. The number of alkyl halides is 1. The molecule has 0 fully saturated rings. The van der Waals surface area contributed by atoms with E-state index in [0.29, 0.717) is 19.3 Å². The van der Waals surface area contributed by atoms with Gasteiger partial charge in [-0.15, -0.1) is 11.6 Å². The summed E-state index contributed by atoms with van der Waals surface area (Å²) in [5.41, 5.74) is 0. The van der Waals surface area contributed by atoms with Crippen LogP contribution in [0.5, 0.6) is 0 Å². The monoisotopic (exact) mass is 192 g/mol. The first-order valence-corrected chi connectivity index (χ1v) is 4.40. The molecule has 0 radical (unpaired) electrons. The summed E-state index contributed by atoms with van der Waals surface area (Å²) in [7, 11) is 0. The predicted molar refractivity (Wildman–Crippen MR) is 46.4 cm³/mol. The van der Waals surface area contributed by atoms with E-state index in [-0.39, 0.29) is 11.8 Å². The van der Waals surface area contributed by atoms with Crippen molar-refractivity contribution in [1.82, 2.24) is 0 Å². The fourth-order valence-corrected chi connectivity index (χ4v) is 1.09. The molecule has 0 spiro atoms. The third-order valence-corrected chi connectivity index (χ3v) is 1.91. The minimum Gasteiger partial charge on any atom is -0.481 e. The van der Waals surface area contributed by atoms with Gasteiger partial charge in [0.1, 0.15) is 6.29 Å². The number of carboxylic acid groups (broad SMARTS) is 1. The van der Waals surface area contributed by atoms with Crippen molar-refractivity contribution in [3.8, 4) is 0 Å². The molecule has 3 nitrogen and oxygen atoms in total. The van der Waals surface area contributed by atoms with Crippen molar-refractivity contribution in [1.29, 1.82) is 0 Å². The molecule has 0 aliphatic carbocycles. The highest BCUT2D eigenvalue weighted by molar-refractivity contribution is 6.21. The van der Waals surface area contributed by atoms with Gasteiger partial charge in [0.25, 0.3) is 0 Å². The highest BCUT2D eigenvalue weighted by atomic mass is 35.5. The quantitative estimate of drug-likeness (QED) is 0.380. The molecule has 0 aliphatic heterocycles. The standard InChI is InChI=1S/C8H13ClO3/c9-7(5-6-10)3-1-2-4-8(11)12/h6-7H,1-5H2,(H,11,12). The van der Waals surface area contributed by atoms with E-state index < -0.39 is 5.97 Å². The van der Waals surface area contributed by atoms with Gasteiger partial charge in [-0.2, -0.15) is 0 Å². The Hall–Kier alpha value is -0.570. The molecule has 0 heterocycles. The second-order valence-corrected chi connectivity index (χ2v) is 3.26. The average molecular weight is 193 g/mol. The van der Waals surface area contributed by atoms with Crippen molar-refractivity contribution in [2.24, 2.45) is 0 Å². The SMILES string of the molecule is O=CCC(Cl)CCCCC(=O)O. The Morgan fingerprint density at radius 3 is 2.67 bits per heavy atom. The van der Waals surface area contributed by atoms with Gasteiger partial charge in [-0.1, -0.05) is 6.42 Å². The van der Waals surface area contributed by atoms with Crippen molar-refractivity contribution >= 4 is 23.9 Å². The van der Waals surface area contributed by atoms with E-state index in [4.69, 9.17) is 16.7 Å². The van der Waals surface area contributed by atoms with Crippen LogP contribution in [0.15, 0.2) is 0 Å². The summed E-state index contributed by atoms with van der Waals surface area (Å²) in [5, 5.41) is 8.16. The van der Waals surface area contributed by atoms with Crippen LogP contribution in [0.1, 0.15) is 32.1 Å². The van der Waals surface area contributed by atoms with E-state index >= 15 is 0 Å². The largest absolute Gasteiger partial charge is 0.481 e. The highest BCUT2D eigenvalue weighted by Crippen LogP contribution is 2.11. The van der Waals surface area contributed by atoms with Gasteiger partial charge < -0.3 is 9.90 Å². The van der Waals surface area contributed by atoms with Gasteiger partial charge >= 0.3 is 5.97 Å². The molecule has 0 saturated carbocycles. The smallest absolute Gasteiger partial charge is 0.303 e. The molecular formula is C8H13ClO3. The summed E-state index contributed by atoms with van der Waals surface area (Å²) in [5.74, 6) is -0.781. The van der Waals surface area contributed by atoms with E-state index in [1.807, 2.05) is 0 Å². The Morgan fingerprint density at radius 2 is 2.17 bits per heavy atom. The van der Waals surface area contributed by atoms with Gasteiger partial charge in [0.15, 0.2) is 0 Å². The number of carboxylic acids is 1. The van der Waals surface area contributed by atoms with Crippen molar-refractivity contribution in [2.75, 3.05) is 0 Å². The summed E-state index contributed by atoms with van der Waals surface area (Å²) in [6, 6.07) is 0. The molecule has 12 heavy (non-hydrogen) atoms. The number of carbonyl (C=O) groups is 2. The number of hydrogen-bond acceptors (Lipinski definition) is 2. The first-order valence-electron chi connectivity index (χ1n) is 3.96. The first-order chi connectivity index (χ1) is 5.66. The molecule has 0 saturated heterocycles. The number of rotatable bonds is 7. The van der Waals surface area contributed by atoms with Crippen molar-refractivity contribution in [3.63, 3.8) is 0 Å².